The van der Waals surface area contributed by atoms with E-state index < -0.39 is 0 Å². The number of carbonyl (C=O) groups excluding carboxylic acids is 2. The number of nitrogens with one attached hydrogen (secondary N) is 1. The summed E-state index contributed by atoms with van der Waals surface area (Å²) in [6, 6.07) is 14.1. The molecule has 1 saturated carbocycles. The van der Waals surface area contributed by atoms with Gasteiger partial charge in [-0.3, -0.25) is 9.59 Å². The number of benzene rings is 2. The van der Waals surface area contributed by atoms with Crippen LogP contribution in [-0.4, -0.2) is 24.9 Å². The molecule has 1 aliphatic rings. The Morgan fingerprint density at radius 1 is 1.15 bits per heavy atom. The van der Waals surface area contributed by atoms with Gasteiger partial charge in [0.05, 0.1) is 11.8 Å². The van der Waals surface area contributed by atoms with Crippen molar-refractivity contribution in [2.24, 2.45) is 11.8 Å². The number of aryl methyl sites for hydroxylation is 1. The Balaban J connectivity index is 1.50. The van der Waals surface area contributed by atoms with Crippen LogP contribution in [0.1, 0.15) is 24.5 Å². The van der Waals surface area contributed by atoms with E-state index in [1.807, 2.05) is 38.1 Å². The van der Waals surface area contributed by atoms with Crippen molar-refractivity contribution in [3.8, 4) is 0 Å². The quantitative estimate of drug-likeness (QED) is 0.813. The third-order valence-corrected chi connectivity index (χ3v) is 4.97. The second kappa shape index (κ2) is 8.33. The standard InChI is InChI=1S/C22H25FN2O2/c1-3-25(18-6-4-5-15(2)13-18)22(27)20-14-19(20)21(26)24-12-11-16-7-9-17(23)10-8-16/h4-10,13,19-20H,3,11-12,14H2,1-2H3,(H,24,26). The van der Waals surface area contributed by atoms with Crippen LogP contribution < -0.4 is 10.2 Å². The number of hydrogen-bond acceptors (Lipinski definition) is 2. The number of nitrogens with zero attached hydrogens (tertiary/aromatic N) is 1. The van der Waals surface area contributed by atoms with E-state index in [2.05, 4.69) is 5.32 Å². The second-order valence-corrected chi connectivity index (χ2v) is 7.04. The Kier molecular flexibility index (Phi) is 5.89. The Hall–Kier alpha value is -2.69. The van der Waals surface area contributed by atoms with Gasteiger partial charge < -0.3 is 10.2 Å². The van der Waals surface area contributed by atoms with E-state index in [0.29, 0.717) is 25.9 Å². The fourth-order valence-corrected chi connectivity index (χ4v) is 3.33. The van der Waals surface area contributed by atoms with Gasteiger partial charge in [-0.25, -0.2) is 4.39 Å². The first-order chi connectivity index (χ1) is 13.0. The predicted octanol–water partition coefficient (Wildman–Crippen LogP) is 3.48. The lowest BCUT2D eigenvalue weighted by Gasteiger charge is -2.21. The van der Waals surface area contributed by atoms with Crippen LogP contribution in [0.15, 0.2) is 48.5 Å². The van der Waals surface area contributed by atoms with Crippen LogP contribution in [0.25, 0.3) is 0 Å². The number of rotatable bonds is 7. The maximum atomic E-state index is 12.9. The van der Waals surface area contributed by atoms with Gasteiger partial charge in [0, 0.05) is 18.8 Å². The van der Waals surface area contributed by atoms with E-state index >= 15 is 0 Å². The molecule has 0 radical (unpaired) electrons. The summed E-state index contributed by atoms with van der Waals surface area (Å²) in [4.78, 5) is 26.9. The van der Waals surface area contributed by atoms with Crippen molar-refractivity contribution in [1.82, 2.24) is 5.32 Å². The van der Waals surface area contributed by atoms with Gasteiger partial charge >= 0.3 is 0 Å². The molecule has 2 aromatic carbocycles. The molecule has 5 heteroatoms. The summed E-state index contributed by atoms with van der Waals surface area (Å²) in [7, 11) is 0. The first-order valence-electron chi connectivity index (χ1n) is 9.39. The summed E-state index contributed by atoms with van der Waals surface area (Å²) in [5.74, 6) is -0.811. The second-order valence-electron chi connectivity index (χ2n) is 7.04. The number of halogens is 1. The van der Waals surface area contributed by atoms with Gasteiger partial charge in [0.2, 0.25) is 11.8 Å². The lowest BCUT2D eigenvalue weighted by molar-refractivity contribution is -0.126. The molecule has 142 valence electrons. The highest BCUT2D eigenvalue weighted by Crippen LogP contribution is 2.41. The van der Waals surface area contributed by atoms with Gasteiger partial charge in [0.15, 0.2) is 0 Å². The van der Waals surface area contributed by atoms with Crippen LogP contribution in [0.2, 0.25) is 0 Å². The van der Waals surface area contributed by atoms with E-state index in [1.54, 1.807) is 17.0 Å². The Morgan fingerprint density at radius 3 is 2.56 bits per heavy atom. The summed E-state index contributed by atoms with van der Waals surface area (Å²) in [6.45, 7) is 5.01. The van der Waals surface area contributed by atoms with E-state index in [9.17, 15) is 14.0 Å². The topological polar surface area (TPSA) is 49.4 Å². The fraction of sp³-hybridized carbons (Fsp3) is 0.364. The lowest BCUT2D eigenvalue weighted by Crippen LogP contribution is -2.34. The van der Waals surface area contributed by atoms with Crippen LogP contribution in [-0.2, 0) is 16.0 Å². The zero-order valence-electron chi connectivity index (χ0n) is 15.7. The molecule has 2 unspecified atom stereocenters. The molecule has 1 N–H and O–H groups in total. The Labute approximate surface area is 159 Å². The highest BCUT2D eigenvalue weighted by Gasteiger charge is 2.49. The molecule has 0 aliphatic heterocycles. The molecule has 3 rings (SSSR count). The zero-order valence-corrected chi connectivity index (χ0v) is 15.7. The minimum atomic E-state index is -0.267. The highest BCUT2D eigenvalue weighted by atomic mass is 19.1. The van der Waals surface area contributed by atoms with Gasteiger partial charge in [-0.1, -0.05) is 24.3 Å². The molecule has 4 nitrogen and oxygen atoms in total. The number of amides is 2. The van der Waals surface area contributed by atoms with Crippen molar-refractivity contribution in [1.29, 1.82) is 0 Å². The Morgan fingerprint density at radius 2 is 1.89 bits per heavy atom. The molecule has 0 heterocycles. The van der Waals surface area contributed by atoms with Crippen LogP contribution in [0, 0.1) is 24.6 Å². The van der Waals surface area contributed by atoms with Crippen LogP contribution in [0.3, 0.4) is 0 Å². The van der Waals surface area contributed by atoms with Gasteiger partial charge in [0.1, 0.15) is 5.82 Å². The van der Waals surface area contributed by atoms with Gasteiger partial charge in [-0.15, -0.1) is 0 Å². The zero-order chi connectivity index (χ0) is 19.4. The summed E-state index contributed by atoms with van der Waals surface area (Å²) in [5, 5.41) is 2.89. The third-order valence-electron chi connectivity index (χ3n) is 4.97. The molecule has 0 saturated heterocycles. The SMILES string of the molecule is CCN(C(=O)C1CC1C(=O)NCCc1ccc(F)cc1)c1cccc(C)c1. The van der Waals surface area contributed by atoms with E-state index in [0.717, 1.165) is 16.8 Å². The molecule has 1 fully saturated rings. The van der Waals surface area contributed by atoms with Crippen molar-refractivity contribution in [2.75, 3.05) is 18.0 Å². The summed E-state index contributed by atoms with van der Waals surface area (Å²) >= 11 is 0. The Bertz CT molecular complexity index is 819. The first-order valence-corrected chi connectivity index (χ1v) is 9.39. The van der Waals surface area contributed by atoms with Crippen molar-refractivity contribution in [3.05, 3.63) is 65.5 Å². The molecule has 0 aromatic heterocycles. The molecule has 0 bridgehead atoms. The van der Waals surface area contributed by atoms with Gasteiger partial charge in [-0.2, -0.15) is 0 Å². The minimum absolute atomic E-state index is 0.0155. The third kappa shape index (κ3) is 4.73. The fourth-order valence-electron chi connectivity index (χ4n) is 3.33. The van der Waals surface area contributed by atoms with Crippen molar-refractivity contribution >= 4 is 17.5 Å². The van der Waals surface area contributed by atoms with Gasteiger partial charge in [0.25, 0.3) is 0 Å². The number of hydrogen-bond donors (Lipinski definition) is 1. The van der Waals surface area contributed by atoms with E-state index in [-0.39, 0.29) is 29.5 Å². The first kappa shape index (κ1) is 19.1. The molecule has 27 heavy (non-hydrogen) atoms. The van der Waals surface area contributed by atoms with Crippen LogP contribution in [0.5, 0.6) is 0 Å². The molecule has 2 atom stereocenters. The van der Waals surface area contributed by atoms with Crippen LogP contribution >= 0.6 is 0 Å². The maximum Gasteiger partial charge on any atom is 0.230 e. The van der Waals surface area contributed by atoms with Crippen LogP contribution in [0.4, 0.5) is 10.1 Å². The predicted molar refractivity (Wildman–Crippen MR) is 104 cm³/mol. The average Bonchev–Trinajstić information content (AvgIpc) is 3.45. The van der Waals surface area contributed by atoms with E-state index in [4.69, 9.17) is 0 Å². The van der Waals surface area contributed by atoms with Crippen molar-refractivity contribution in [2.45, 2.75) is 26.7 Å². The van der Waals surface area contributed by atoms with Crippen molar-refractivity contribution < 1.29 is 14.0 Å². The summed E-state index contributed by atoms with van der Waals surface area (Å²) < 4.78 is 12.9. The molecular formula is C22H25FN2O2. The lowest BCUT2D eigenvalue weighted by atomic mass is 10.1. The molecule has 0 spiro atoms. The molecule has 2 aromatic rings. The molecular weight excluding hydrogens is 343 g/mol. The smallest absolute Gasteiger partial charge is 0.230 e. The highest BCUT2D eigenvalue weighted by molar-refractivity contribution is 6.01. The largest absolute Gasteiger partial charge is 0.356 e. The molecule has 2 amide bonds. The normalized spacial score (nSPS) is 18.0. The van der Waals surface area contributed by atoms with E-state index in [1.165, 1.54) is 12.1 Å². The summed E-state index contributed by atoms with van der Waals surface area (Å²) in [5.41, 5.74) is 2.95. The minimum Gasteiger partial charge on any atom is -0.356 e. The molecule has 1 aliphatic carbocycles. The average molecular weight is 368 g/mol. The summed E-state index contributed by atoms with van der Waals surface area (Å²) in [6.07, 6.45) is 1.24. The number of anilines is 1. The maximum absolute atomic E-state index is 12.9. The monoisotopic (exact) mass is 368 g/mol. The van der Waals surface area contributed by atoms with Gasteiger partial charge in [-0.05, 0) is 62.1 Å². The number of carbonyl (C=O) groups is 2. The van der Waals surface area contributed by atoms with Crippen molar-refractivity contribution in [3.63, 3.8) is 0 Å².